The number of amides is 1. The van der Waals surface area contributed by atoms with E-state index in [1.165, 1.54) is 0 Å². The zero-order valence-corrected chi connectivity index (χ0v) is 9.03. The molecule has 0 bridgehead atoms. The lowest BCUT2D eigenvalue weighted by atomic mass is 10.0. The standard InChI is InChI=1S/C13H13NO2/c1-14-13(16)7-10-4-2-3-9-5-6-11(15)8-12(9)10/h2-6,8,15H,7H2,1H3,(H,14,16). The number of hydrogen-bond acceptors (Lipinski definition) is 2. The van der Waals surface area contributed by atoms with Crippen molar-refractivity contribution in [3.63, 3.8) is 0 Å². The molecular formula is C13H13NO2. The summed E-state index contributed by atoms with van der Waals surface area (Å²) < 4.78 is 0. The maximum Gasteiger partial charge on any atom is 0.224 e. The van der Waals surface area contributed by atoms with Gasteiger partial charge in [-0.1, -0.05) is 24.3 Å². The van der Waals surface area contributed by atoms with Crippen molar-refractivity contribution < 1.29 is 9.90 Å². The van der Waals surface area contributed by atoms with Crippen LogP contribution in [0.3, 0.4) is 0 Å². The zero-order chi connectivity index (χ0) is 11.5. The van der Waals surface area contributed by atoms with Crippen LogP contribution in [-0.4, -0.2) is 18.1 Å². The summed E-state index contributed by atoms with van der Waals surface area (Å²) in [6.07, 6.45) is 0.331. The molecule has 1 amide bonds. The Balaban J connectivity index is 2.52. The summed E-state index contributed by atoms with van der Waals surface area (Å²) in [6.45, 7) is 0. The van der Waals surface area contributed by atoms with E-state index in [1.54, 1.807) is 19.2 Å². The largest absolute Gasteiger partial charge is 0.508 e. The summed E-state index contributed by atoms with van der Waals surface area (Å²) in [5.74, 6) is 0.188. The minimum absolute atomic E-state index is 0.0316. The van der Waals surface area contributed by atoms with Gasteiger partial charge < -0.3 is 10.4 Å². The number of fused-ring (bicyclic) bond motifs is 1. The van der Waals surface area contributed by atoms with Gasteiger partial charge in [0.1, 0.15) is 5.75 Å². The molecule has 0 saturated carbocycles. The lowest BCUT2D eigenvalue weighted by Gasteiger charge is -2.06. The first kappa shape index (κ1) is 10.5. The monoisotopic (exact) mass is 215 g/mol. The predicted molar refractivity (Wildman–Crippen MR) is 63.4 cm³/mol. The van der Waals surface area contributed by atoms with Crippen LogP contribution < -0.4 is 5.32 Å². The highest BCUT2D eigenvalue weighted by molar-refractivity contribution is 5.91. The Morgan fingerprint density at radius 3 is 2.88 bits per heavy atom. The lowest BCUT2D eigenvalue weighted by Crippen LogP contribution is -2.19. The highest BCUT2D eigenvalue weighted by atomic mass is 16.3. The molecule has 0 fully saturated rings. The molecule has 0 spiro atoms. The van der Waals surface area contributed by atoms with E-state index in [2.05, 4.69) is 5.32 Å². The first-order valence-corrected chi connectivity index (χ1v) is 5.12. The zero-order valence-electron chi connectivity index (χ0n) is 9.03. The maximum absolute atomic E-state index is 11.3. The van der Waals surface area contributed by atoms with Gasteiger partial charge in [-0.3, -0.25) is 4.79 Å². The molecule has 0 aliphatic rings. The van der Waals surface area contributed by atoms with E-state index in [0.717, 1.165) is 16.3 Å². The first-order valence-electron chi connectivity index (χ1n) is 5.12. The molecule has 2 rings (SSSR count). The van der Waals surface area contributed by atoms with Crippen molar-refractivity contribution in [1.29, 1.82) is 0 Å². The van der Waals surface area contributed by atoms with E-state index in [0.29, 0.717) is 6.42 Å². The molecule has 2 aromatic rings. The molecular weight excluding hydrogens is 202 g/mol. The van der Waals surface area contributed by atoms with Crippen molar-refractivity contribution in [1.82, 2.24) is 5.32 Å². The minimum Gasteiger partial charge on any atom is -0.508 e. The Morgan fingerprint density at radius 1 is 1.31 bits per heavy atom. The van der Waals surface area contributed by atoms with Crippen molar-refractivity contribution in [3.8, 4) is 5.75 Å². The number of nitrogens with one attached hydrogen (secondary N) is 1. The van der Waals surface area contributed by atoms with Crippen LogP contribution in [0.1, 0.15) is 5.56 Å². The van der Waals surface area contributed by atoms with Crippen molar-refractivity contribution in [2.75, 3.05) is 7.05 Å². The van der Waals surface area contributed by atoms with Crippen LogP contribution >= 0.6 is 0 Å². The van der Waals surface area contributed by atoms with Crippen LogP contribution in [0.15, 0.2) is 36.4 Å². The molecule has 0 heterocycles. The van der Waals surface area contributed by atoms with E-state index < -0.39 is 0 Å². The third-order valence-corrected chi connectivity index (χ3v) is 2.59. The first-order chi connectivity index (χ1) is 7.70. The van der Waals surface area contributed by atoms with Gasteiger partial charge in [-0.25, -0.2) is 0 Å². The fourth-order valence-corrected chi connectivity index (χ4v) is 1.74. The van der Waals surface area contributed by atoms with E-state index in [9.17, 15) is 9.90 Å². The molecule has 0 unspecified atom stereocenters. The van der Waals surface area contributed by atoms with E-state index in [1.807, 2.05) is 24.3 Å². The number of likely N-dealkylation sites (N-methyl/N-ethyl adjacent to an activating group) is 1. The number of hydrogen-bond donors (Lipinski definition) is 2. The molecule has 0 aromatic heterocycles. The molecule has 2 N–H and O–H groups in total. The number of aromatic hydroxyl groups is 1. The van der Waals surface area contributed by atoms with Gasteiger partial charge in [0.25, 0.3) is 0 Å². The second kappa shape index (κ2) is 4.23. The summed E-state index contributed by atoms with van der Waals surface area (Å²) in [6, 6.07) is 11.0. The number of phenolic OH excluding ortho intramolecular Hbond substituents is 1. The Hall–Kier alpha value is -2.03. The van der Waals surface area contributed by atoms with Gasteiger partial charge in [0.05, 0.1) is 6.42 Å². The molecule has 3 nitrogen and oxygen atoms in total. The van der Waals surface area contributed by atoms with Gasteiger partial charge >= 0.3 is 0 Å². The number of carbonyl (C=O) groups is 1. The quantitative estimate of drug-likeness (QED) is 0.803. The molecule has 82 valence electrons. The summed E-state index contributed by atoms with van der Waals surface area (Å²) in [5, 5.41) is 14.0. The molecule has 0 radical (unpaired) electrons. The lowest BCUT2D eigenvalue weighted by molar-refractivity contribution is -0.119. The highest BCUT2D eigenvalue weighted by Crippen LogP contribution is 2.23. The molecule has 16 heavy (non-hydrogen) atoms. The molecule has 0 aliphatic carbocycles. The topological polar surface area (TPSA) is 49.3 Å². The molecule has 2 aromatic carbocycles. The normalized spacial score (nSPS) is 10.3. The number of carbonyl (C=O) groups excluding carboxylic acids is 1. The van der Waals surface area contributed by atoms with Crippen molar-refractivity contribution >= 4 is 16.7 Å². The van der Waals surface area contributed by atoms with Crippen LogP contribution in [0.5, 0.6) is 5.75 Å². The average Bonchev–Trinajstić information content (AvgIpc) is 2.29. The fraction of sp³-hybridized carbons (Fsp3) is 0.154. The maximum atomic E-state index is 11.3. The van der Waals surface area contributed by atoms with Crippen molar-refractivity contribution in [3.05, 3.63) is 42.0 Å². The second-order valence-electron chi connectivity index (χ2n) is 3.67. The Morgan fingerprint density at radius 2 is 2.12 bits per heavy atom. The highest BCUT2D eigenvalue weighted by Gasteiger charge is 2.05. The second-order valence-corrected chi connectivity index (χ2v) is 3.67. The third-order valence-electron chi connectivity index (χ3n) is 2.59. The van der Waals surface area contributed by atoms with Crippen LogP contribution in [-0.2, 0) is 11.2 Å². The smallest absolute Gasteiger partial charge is 0.224 e. The summed E-state index contributed by atoms with van der Waals surface area (Å²) in [4.78, 5) is 11.3. The predicted octanol–water partition coefficient (Wildman–Crippen LogP) is 1.83. The number of phenols is 1. The van der Waals surface area contributed by atoms with Gasteiger partial charge in [-0.2, -0.15) is 0 Å². The van der Waals surface area contributed by atoms with Crippen molar-refractivity contribution in [2.45, 2.75) is 6.42 Å². The van der Waals surface area contributed by atoms with E-state index in [4.69, 9.17) is 0 Å². The summed E-state index contributed by atoms with van der Waals surface area (Å²) in [5.41, 5.74) is 0.924. The van der Waals surface area contributed by atoms with Gasteiger partial charge in [-0.05, 0) is 28.5 Å². The Kier molecular flexibility index (Phi) is 2.77. The third kappa shape index (κ3) is 1.98. The Labute approximate surface area is 93.7 Å². The van der Waals surface area contributed by atoms with E-state index in [-0.39, 0.29) is 11.7 Å². The molecule has 0 atom stereocenters. The van der Waals surface area contributed by atoms with E-state index >= 15 is 0 Å². The van der Waals surface area contributed by atoms with Gasteiger partial charge in [-0.15, -0.1) is 0 Å². The van der Waals surface area contributed by atoms with Crippen LogP contribution in [0.2, 0.25) is 0 Å². The van der Waals surface area contributed by atoms with Crippen LogP contribution in [0.4, 0.5) is 0 Å². The Bertz CT molecular complexity index is 534. The average molecular weight is 215 g/mol. The summed E-state index contributed by atoms with van der Waals surface area (Å²) in [7, 11) is 1.62. The van der Waals surface area contributed by atoms with Crippen molar-refractivity contribution in [2.24, 2.45) is 0 Å². The summed E-state index contributed by atoms with van der Waals surface area (Å²) >= 11 is 0. The number of rotatable bonds is 2. The van der Waals surface area contributed by atoms with Crippen LogP contribution in [0.25, 0.3) is 10.8 Å². The van der Waals surface area contributed by atoms with Gasteiger partial charge in [0.2, 0.25) is 5.91 Å². The van der Waals surface area contributed by atoms with Gasteiger partial charge in [0.15, 0.2) is 0 Å². The molecule has 3 heteroatoms. The molecule has 0 saturated heterocycles. The fourth-order valence-electron chi connectivity index (χ4n) is 1.74. The SMILES string of the molecule is CNC(=O)Cc1cccc2ccc(O)cc12. The minimum atomic E-state index is -0.0316. The molecule has 0 aliphatic heterocycles. The number of benzene rings is 2. The van der Waals surface area contributed by atoms with Gasteiger partial charge in [0, 0.05) is 7.05 Å². The van der Waals surface area contributed by atoms with Crippen LogP contribution in [0, 0.1) is 0 Å².